The molecule has 0 spiro atoms. The van der Waals surface area contributed by atoms with Gasteiger partial charge < -0.3 is 9.41 Å². The van der Waals surface area contributed by atoms with Crippen molar-refractivity contribution in [2.45, 2.75) is 0 Å². The highest BCUT2D eigenvalue weighted by molar-refractivity contribution is 7.68. The lowest BCUT2D eigenvalue weighted by Crippen LogP contribution is -2.15. The maximum absolute atomic E-state index is 9.90. The highest BCUT2D eigenvalue weighted by Crippen LogP contribution is 2.48. The van der Waals surface area contributed by atoms with Crippen LogP contribution in [0.3, 0.4) is 0 Å². The van der Waals surface area contributed by atoms with Gasteiger partial charge in [-0.1, -0.05) is 121 Å². The van der Waals surface area contributed by atoms with Gasteiger partial charge in [0.25, 0.3) is 0 Å². The Morgan fingerprint density at radius 3 is 1.42 bits per heavy atom. The zero-order chi connectivity index (χ0) is 24.3. The van der Waals surface area contributed by atoms with Gasteiger partial charge in [0, 0.05) is 21.7 Å². The van der Waals surface area contributed by atoms with Crippen molar-refractivity contribution >= 4 is 40.3 Å². The van der Waals surface area contributed by atoms with Crippen LogP contribution in [0.5, 0.6) is 11.5 Å². The summed E-state index contributed by atoms with van der Waals surface area (Å²) in [5.41, 5.74) is 1.70. The maximum atomic E-state index is 9.90. The van der Waals surface area contributed by atoms with Crippen molar-refractivity contribution in [3.05, 3.63) is 133 Å². The standard InChI is InChI=1S/C32H23O3P/c33-34-29-21-19-23-11-7-9-17-27(23)31(29)32-28-18-10-8-12-24(28)20-22-30(32)35-36(25-13-3-1-4-14-25)26-15-5-2-6-16-26/h1-22,33H. The molecule has 0 fully saturated rings. The molecule has 174 valence electrons. The molecular formula is C32H23O3P. The van der Waals surface area contributed by atoms with Gasteiger partial charge in [0.05, 0.1) is 0 Å². The quantitative estimate of drug-likeness (QED) is 0.148. The molecule has 6 aromatic carbocycles. The second kappa shape index (κ2) is 9.83. The predicted molar refractivity (Wildman–Crippen MR) is 150 cm³/mol. The van der Waals surface area contributed by atoms with Crippen LogP contribution >= 0.6 is 8.15 Å². The third-order valence-corrected chi connectivity index (χ3v) is 8.21. The minimum atomic E-state index is -1.15. The van der Waals surface area contributed by atoms with Crippen LogP contribution in [0.25, 0.3) is 32.7 Å². The molecule has 0 bridgehead atoms. The summed E-state index contributed by atoms with van der Waals surface area (Å²) in [6.45, 7) is 0. The minimum Gasteiger partial charge on any atom is -0.464 e. The number of fused-ring (bicyclic) bond motifs is 2. The van der Waals surface area contributed by atoms with Crippen molar-refractivity contribution in [2.75, 3.05) is 0 Å². The molecule has 0 unspecified atom stereocenters. The smallest absolute Gasteiger partial charge is 0.173 e. The molecule has 4 heteroatoms. The Kier molecular flexibility index (Phi) is 6.09. The summed E-state index contributed by atoms with van der Waals surface area (Å²) in [4.78, 5) is 4.94. The molecule has 6 rings (SSSR count). The second-order valence-corrected chi connectivity index (χ2v) is 10.3. The molecule has 0 saturated carbocycles. The fourth-order valence-corrected chi connectivity index (χ4v) is 6.39. The van der Waals surface area contributed by atoms with Crippen molar-refractivity contribution < 1.29 is 14.7 Å². The van der Waals surface area contributed by atoms with Crippen LogP contribution in [0, 0.1) is 0 Å². The van der Waals surface area contributed by atoms with E-state index < -0.39 is 8.15 Å². The lowest BCUT2D eigenvalue weighted by molar-refractivity contribution is -0.136. The SMILES string of the molecule is OOc1ccc2ccccc2c1-c1c(OP(c2ccccc2)c2ccccc2)ccc2ccccc12. The van der Waals surface area contributed by atoms with Crippen molar-refractivity contribution in [1.29, 1.82) is 0 Å². The number of hydrogen-bond donors (Lipinski definition) is 1. The van der Waals surface area contributed by atoms with Crippen LogP contribution in [-0.4, -0.2) is 5.26 Å². The molecule has 0 aromatic heterocycles. The van der Waals surface area contributed by atoms with Crippen LogP contribution < -0.4 is 20.0 Å². The van der Waals surface area contributed by atoms with Gasteiger partial charge in [-0.3, -0.25) is 0 Å². The van der Waals surface area contributed by atoms with E-state index in [0.29, 0.717) is 5.75 Å². The molecule has 3 nitrogen and oxygen atoms in total. The molecule has 0 amide bonds. The van der Waals surface area contributed by atoms with E-state index in [9.17, 15) is 5.26 Å². The van der Waals surface area contributed by atoms with Crippen molar-refractivity contribution in [3.8, 4) is 22.6 Å². The van der Waals surface area contributed by atoms with E-state index >= 15 is 0 Å². The lowest BCUT2D eigenvalue weighted by Gasteiger charge is -2.23. The average Bonchev–Trinajstić information content (AvgIpc) is 2.96. The first-order chi connectivity index (χ1) is 17.8. The monoisotopic (exact) mass is 486 g/mol. The summed E-state index contributed by atoms with van der Waals surface area (Å²) in [6, 6.07) is 44.9. The van der Waals surface area contributed by atoms with E-state index in [4.69, 9.17) is 9.41 Å². The third kappa shape index (κ3) is 4.09. The van der Waals surface area contributed by atoms with Gasteiger partial charge in [0.1, 0.15) is 5.75 Å². The Balaban J connectivity index is 1.63. The number of rotatable bonds is 6. The molecular weight excluding hydrogens is 463 g/mol. The number of hydrogen-bond acceptors (Lipinski definition) is 3. The lowest BCUT2D eigenvalue weighted by atomic mass is 9.92. The van der Waals surface area contributed by atoms with E-state index in [1.165, 1.54) is 0 Å². The third-order valence-electron chi connectivity index (χ3n) is 6.30. The minimum absolute atomic E-state index is 0.388. The normalized spacial score (nSPS) is 11.2. The molecule has 0 aliphatic heterocycles. The molecule has 36 heavy (non-hydrogen) atoms. The summed E-state index contributed by atoms with van der Waals surface area (Å²) in [7, 11) is -1.15. The van der Waals surface area contributed by atoms with Crippen LogP contribution in [-0.2, 0) is 0 Å². The Hall–Kier alpha value is -4.17. The summed E-state index contributed by atoms with van der Waals surface area (Å²) in [5.74, 6) is 1.13. The van der Waals surface area contributed by atoms with Gasteiger partial charge in [-0.25, -0.2) is 5.26 Å². The molecule has 0 atom stereocenters. The Morgan fingerprint density at radius 2 is 0.889 bits per heavy atom. The molecule has 0 saturated heterocycles. The summed E-state index contributed by atoms with van der Waals surface area (Å²) in [5, 5.41) is 16.3. The van der Waals surface area contributed by atoms with E-state index in [1.54, 1.807) is 6.07 Å². The zero-order valence-corrected chi connectivity index (χ0v) is 20.3. The molecule has 0 aliphatic carbocycles. The Labute approximate surface area is 211 Å². The fraction of sp³-hybridized carbons (Fsp3) is 0. The van der Waals surface area contributed by atoms with E-state index in [2.05, 4.69) is 54.6 Å². The van der Waals surface area contributed by atoms with Crippen LogP contribution in [0.1, 0.15) is 0 Å². The van der Waals surface area contributed by atoms with Crippen LogP contribution in [0.4, 0.5) is 0 Å². The van der Waals surface area contributed by atoms with Gasteiger partial charge in [-0.15, -0.1) is 0 Å². The fourth-order valence-electron chi connectivity index (χ4n) is 4.65. The van der Waals surface area contributed by atoms with Gasteiger partial charge >= 0.3 is 0 Å². The zero-order valence-electron chi connectivity index (χ0n) is 19.4. The van der Waals surface area contributed by atoms with E-state index in [0.717, 1.165) is 49.0 Å². The van der Waals surface area contributed by atoms with Crippen LogP contribution in [0.15, 0.2) is 133 Å². The van der Waals surface area contributed by atoms with Gasteiger partial charge in [0.15, 0.2) is 13.9 Å². The summed E-state index contributed by atoms with van der Waals surface area (Å²) in [6.07, 6.45) is 0. The van der Waals surface area contributed by atoms with Crippen molar-refractivity contribution in [2.24, 2.45) is 0 Å². The van der Waals surface area contributed by atoms with Gasteiger partial charge in [-0.05, 0) is 33.7 Å². The largest absolute Gasteiger partial charge is 0.464 e. The first-order valence-electron chi connectivity index (χ1n) is 11.8. The Bertz CT molecular complexity index is 1610. The van der Waals surface area contributed by atoms with Crippen molar-refractivity contribution in [1.82, 2.24) is 0 Å². The topological polar surface area (TPSA) is 38.7 Å². The summed E-state index contributed by atoms with van der Waals surface area (Å²) >= 11 is 0. The first kappa shape index (κ1) is 22.3. The summed E-state index contributed by atoms with van der Waals surface area (Å²) < 4.78 is 6.96. The average molecular weight is 487 g/mol. The Morgan fingerprint density at radius 1 is 0.444 bits per heavy atom. The highest BCUT2D eigenvalue weighted by atomic mass is 31.1. The van der Waals surface area contributed by atoms with E-state index in [-0.39, 0.29) is 0 Å². The van der Waals surface area contributed by atoms with Crippen LogP contribution in [0.2, 0.25) is 0 Å². The highest BCUT2D eigenvalue weighted by Gasteiger charge is 2.23. The molecule has 0 aliphatic rings. The molecule has 6 aromatic rings. The number of benzene rings is 6. The molecule has 0 heterocycles. The molecule has 0 radical (unpaired) electrons. The first-order valence-corrected chi connectivity index (χ1v) is 13.0. The van der Waals surface area contributed by atoms with Gasteiger partial charge in [0.2, 0.25) is 0 Å². The van der Waals surface area contributed by atoms with Crippen molar-refractivity contribution in [3.63, 3.8) is 0 Å². The van der Waals surface area contributed by atoms with Gasteiger partial charge in [-0.2, -0.15) is 0 Å². The van der Waals surface area contributed by atoms with E-state index in [1.807, 2.05) is 72.8 Å². The second-order valence-electron chi connectivity index (χ2n) is 8.47. The maximum Gasteiger partial charge on any atom is 0.173 e. The predicted octanol–water partition coefficient (Wildman–Crippen LogP) is 7.94. The molecule has 1 N–H and O–H groups in total.